The van der Waals surface area contributed by atoms with Crippen LogP contribution >= 0.6 is 23.2 Å². The summed E-state index contributed by atoms with van der Waals surface area (Å²) in [6.07, 6.45) is 0.245. The molecule has 0 saturated heterocycles. The fourth-order valence-corrected chi connectivity index (χ4v) is 5.85. The Morgan fingerprint density at radius 3 is 2.42 bits per heavy atom. The average molecular weight is 474 g/mol. The Morgan fingerprint density at radius 2 is 1.74 bits per heavy atom. The maximum Gasteiger partial charge on any atom is 0.210 e. The number of nitrogen functional groups attached to an aromatic ring is 1. The molecule has 160 valence electrons. The normalized spacial score (nSPS) is 11.2. The lowest BCUT2D eigenvalue weighted by Crippen LogP contribution is -2.26. The topological polar surface area (TPSA) is 87.2 Å². The van der Waals surface area contributed by atoms with Crippen molar-refractivity contribution in [2.45, 2.75) is 29.7 Å². The molecule has 0 radical (unpaired) electrons. The van der Waals surface area contributed by atoms with Crippen molar-refractivity contribution in [1.82, 2.24) is 0 Å². The SMILES string of the molecule is Cc1cccc(N(CCC#N)Cc2ccccc2)c1S(=O)(=O)c1cc(Cl)c(N)cc1Cl. The Bertz CT molecular complexity index is 1240. The summed E-state index contributed by atoms with van der Waals surface area (Å²) in [5.41, 5.74) is 8.04. The van der Waals surface area contributed by atoms with E-state index in [1.807, 2.05) is 35.2 Å². The van der Waals surface area contributed by atoms with Gasteiger partial charge in [0.2, 0.25) is 9.84 Å². The first kappa shape index (κ1) is 23.0. The van der Waals surface area contributed by atoms with Crippen molar-refractivity contribution in [2.24, 2.45) is 0 Å². The molecule has 3 aromatic carbocycles. The number of rotatable bonds is 7. The predicted octanol–water partition coefficient (Wildman–Crippen LogP) is 5.64. The van der Waals surface area contributed by atoms with Crippen molar-refractivity contribution in [3.05, 3.63) is 81.8 Å². The third kappa shape index (κ3) is 4.96. The van der Waals surface area contributed by atoms with E-state index in [0.29, 0.717) is 24.3 Å². The highest BCUT2D eigenvalue weighted by molar-refractivity contribution is 7.91. The van der Waals surface area contributed by atoms with E-state index in [9.17, 15) is 8.42 Å². The molecule has 0 spiro atoms. The summed E-state index contributed by atoms with van der Waals surface area (Å²) in [4.78, 5) is 1.92. The fourth-order valence-electron chi connectivity index (χ4n) is 3.37. The van der Waals surface area contributed by atoms with Crippen molar-refractivity contribution in [3.63, 3.8) is 0 Å². The molecule has 3 rings (SSSR count). The lowest BCUT2D eigenvalue weighted by atomic mass is 10.1. The molecule has 0 aliphatic heterocycles. The van der Waals surface area contributed by atoms with Crippen LogP contribution in [0.4, 0.5) is 11.4 Å². The summed E-state index contributed by atoms with van der Waals surface area (Å²) in [5.74, 6) is 0. The average Bonchev–Trinajstić information content (AvgIpc) is 2.74. The largest absolute Gasteiger partial charge is 0.397 e. The minimum absolute atomic E-state index is 0.00253. The van der Waals surface area contributed by atoms with Gasteiger partial charge in [-0.25, -0.2) is 8.42 Å². The highest BCUT2D eigenvalue weighted by Crippen LogP contribution is 2.38. The zero-order chi connectivity index (χ0) is 22.6. The van der Waals surface area contributed by atoms with Crippen LogP contribution in [0.25, 0.3) is 0 Å². The Hall–Kier alpha value is -2.72. The van der Waals surface area contributed by atoms with E-state index in [1.54, 1.807) is 25.1 Å². The quantitative estimate of drug-likeness (QED) is 0.448. The summed E-state index contributed by atoms with van der Waals surface area (Å²) in [5, 5.41) is 9.26. The minimum atomic E-state index is -4.03. The Balaban J connectivity index is 2.18. The highest BCUT2D eigenvalue weighted by Gasteiger charge is 2.29. The molecule has 31 heavy (non-hydrogen) atoms. The van der Waals surface area contributed by atoms with Crippen LogP contribution in [0.5, 0.6) is 0 Å². The number of aryl methyl sites for hydroxylation is 1. The van der Waals surface area contributed by atoms with Gasteiger partial charge in [-0.1, -0.05) is 65.7 Å². The predicted molar refractivity (Wildman–Crippen MR) is 125 cm³/mol. The lowest BCUT2D eigenvalue weighted by Gasteiger charge is -2.27. The van der Waals surface area contributed by atoms with E-state index in [-0.39, 0.29) is 31.9 Å². The summed E-state index contributed by atoms with van der Waals surface area (Å²) >= 11 is 12.4. The Kier molecular flexibility index (Phi) is 7.11. The van der Waals surface area contributed by atoms with Crippen molar-refractivity contribution in [2.75, 3.05) is 17.2 Å². The van der Waals surface area contributed by atoms with Crippen molar-refractivity contribution in [3.8, 4) is 6.07 Å². The van der Waals surface area contributed by atoms with Crippen LogP contribution in [0.3, 0.4) is 0 Å². The zero-order valence-electron chi connectivity index (χ0n) is 16.8. The molecule has 0 heterocycles. The van der Waals surface area contributed by atoms with Crippen LogP contribution < -0.4 is 10.6 Å². The molecule has 0 bridgehead atoms. The van der Waals surface area contributed by atoms with E-state index in [0.717, 1.165) is 5.56 Å². The number of benzene rings is 3. The molecule has 0 aliphatic rings. The van der Waals surface area contributed by atoms with E-state index in [1.165, 1.54) is 12.1 Å². The second-order valence-electron chi connectivity index (χ2n) is 7.05. The molecule has 8 heteroatoms. The van der Waals surface area contributed by atoms with Gasteiger partial charge in [0.25, 0.3) is 0 Å². The number of nitrogens with two attached hydrogens (primary N) is 1. The first-order valence-electron chi connectivity index (χ1n) is 9.50. The third-order valence-electron chi connectivity index (χ3n) is 4.85. The smallest absolute Gasteiger partial charge is 0.210 e. The standard InChI is InChI=1S/C23H21Cl2N3O2S/c1-16-7-5-10-21(28(12-6-11-26)15-17-8-3-2-4-9-17)23(16)31(29,30)22-14-18(24)20(27)13-19(22)25/h2-5,7-10,13-14H,6,12,15,27H2,1H3. The summed E-state index contributed by atoms with van der Waals surface area (Å²) in [6, 6.07) is 19.7. The van der Waals surface area contributed by atoms with Crippen LogP contribution in [0.2, 0.25) is 10.0 Å². The summed E-state index contributed by atoms with van der Waals surface area (Å²) in [6.45, 7) is 2.55. The van der Waals surface area contributed by atoms with Gasteiger partial charge in [-0.2, -0.15) is 5.26 Å². The Morgan fingerprint density at radius 1 is 1.03 bits per heavy atom. The molecule has 0 aliphatic carbocycles. The van der Waals surface area contributed by atoms with Gasteiger partial charge < -0.3 is 10.6 Å². The molecule has 0 aromatic heterocycles. The van der Waals surface area contributed by atoms with Crippen LogP contribution in [0.15, 0.2) is 70.5 Å². The maximum absolute atomic E-state index is 13.7. The van der Waals surface area contributed by atoms with E-state index >= 15 is 0 Å². The van der Waals surface area contributed by atoms with E-state index in [2.05, 4.69) is 6.07 Å². The number of hydrogen-bond acceptors (Lipinski definition) is 5. The second kappa shape index (κ2) is 9.61. The van der Waals surface area contributed by atoms with Gasteiger partial charge >= 0.3 is 0 Å². The lowest BCUT2D eigenvalue weighted by molar-refractivity contribution is 0.595. The molecule has 0 saturated carbocycles. The zero-order valence-corrected chi connectivity index (χ0v) is 19.2. The number of nitriles is 1. The van der Waals surface area contributed by atoms with Gasteiger partial charge in [0.1, 0.15) is 0 Å². The van der Waals surface area contributed by atoms with E-state index < -0.39 is 9.84 Å². The van der Waals surface area contributed by atoms with Gasteiger partial charge in [-0.05, 0) is 36.2 Å². The molecule has 5 nitrogen and oxygen atoms in total. The molecular formula is C23H21Cl2N3O2S. The van der Waals surface area contributed by atoms with Gasteiger partial charge in [-0.15, -0.1) is 0 Å². The number of sulfone groups is 1. The van der Waals surface area contributed by atoms with Crippen molar-refractivity contribution < 1.29 is 8.42 Å². The van der Waals surface area contributed by atoms with Gasteiger partial charge in [0.05, 0.1) is 43.7 Å². The van der Waals surface area contributed by atoms with E-state index in [4.69, 9.17) is 34.2 Å². The third-order valence-corrected chi connectivity index (χ3v) is 7.59. The first-order chi connectivity index (χ1) is 14.8. The maximum atomic E-state index is 13.7. The molecule has 0 atom stereocenters. The van der Waals surface area contributed by atoms with Crippen LogP contribution in [0, 0.1) is 18.3 Å². The number of hydrogen-bond donors (Lipinski definition) is 1. The van der Waals surface area contributed by atoms with Gasteiger partial charge in [0, 0.05) is 13.1 Å². The monoisotopic (exact) mass is 473 g/mol. The number of nitrogens with zero attached hydrogens (tertiary/aromatic N) is 2. The van der Waals surface area contributed by atoms with Crippen LogP contribution in [-0.2, 0) is 16.4 Å². The fraction of sp³-hybridized carbons (Fsp3) is 0.174. The van der Waals surface area contributed by atoms with Crippen molar-refractivity contribution in [1.29, 1.82) is 5.26 Å². The van der Waals surface area contributed by atoms with Crippen LogP contribution in [0.1, 0.15) is 17.5 Å². The first-order valence-corrected chi connectivity index (χ1v) is 11.7. The van der Waals surface area contributed by atoms with Gasteiger partial charge in [-0.3, -0.25) is 0 Å². The van der Waals surface area contributed by atoms with Gasteiger partial charge in [0.15, 0.2) is 0 Å². The molecule has 2 N–H and O–H groups in total. The molecule has 0 unspecified atom stereocenters. The Labute approximate surface area is 192 Å². The molecular weight excluding hydrogens is 453 g/mol. The van der Waals surface area contributed by atoms with Crippen molar-refractivity contribution >= 4 is 44.4 Å². The number of anilines is 2. The molecule has 3 aromatic rings. The van der Waals surface area contributed by atoms with Crippen LogP contribution in [-0.4, -0.2) is 15.0 Å². The molecule has 0 fully saturated rings. The summed E-state index contributed by atoms with van der Waals surface area (Å²) in [7, 11) is -4.03. The molecule has 0 amide bonds. The second-order valence-corrected chi connectivity index (χ2v) is 9.72. The number of halogens is 2. The summed E-state index contributed by atoms with van der Waals surface area (Å²) < 4.78 is 27.4. The highest BCUT2D eigenvalue weighted by atomic mass is 35.5. The minimum Gasteiger partial charge on any atom is -0.397 e.